The van der Waals surface area contributed by atoms with E-state index in [4.69, 9.17) is 0 Å². The Morgan fingerprint density at radius 2 is 1.89 bits per heavy atom. The van der Waals surface area contributed by atoms with Gasteiger partial charge in [0, 0.05) is 10.0 Å². The van der Waals surface area contributed by atoms with Gasteiger partial charge in [0.2, 0.25) is 0 Å². The highest BCUT2D eigenvalue weighted by Crippen LogP contribution is 2.29. The highest BCUT2D eigenvalue weighted by molar-refractivity contribution is 9.10. The van der Waals surface area contributed by atoms with E-state index in [0.717, 1.165) is 0 Å². The van der Waals surface area contributed by atoms with Crippen molar-refractivity contribution in [2.24, 2.45) is 0 Å². The van der Waals surface area contributed by atoms with Gasteiger partial charge in [0.05, 0.1) is 11.7 Å². The van der Waals surface area contributed by atoms with E-state index in [1.54, 1.807) is 19.1 Å². The van der Waals surface area contributed by atoms with Crippen molar-refractivity contribution in [1.29, 1.82) is 0 Å². The van der Waals surface area contributed by atoms with E-state index < -0.39 is 17.7 Å². The lowest BCUT2D eigenvalue weighted by Crippen LogP contribution is -2.08. The normalized spacial score (nSPS) is 12.2. The molecule has 0 amide bonds. The van der Waals surface area contributed by atoms with Crippen molar-refractivity contribution in [2.75, 3.05) is 5.32 Å². The molecule has 0 aliphatic carbocycles. The molecule has 2 N–H and O–H groups in total. The first-order chi connectivity index (χ1) is 8.97. The highest BCUT2D eigenvalue weighted by atomic mass is 79.9. The third kappa shape index (κ3) is 3.23. The SMILES string of the molecule is CC(Nc1ccc(Br)cc1F)c1cc(F)ccc1O. The number of aromatic hydroxyl groups is 1. The molecule has 0 saturated heterocycles. The molecule has 2 aromatic rings. The average Bonchev–Trinajstić information content (AvgIpc) is 2.35. The lowest BCUT2D eigenvalue weighted by Gasteiger charge is -2.17. The number of hydrogen-bond donors (Lipinski definition) is 2. The molecule has 19 heavy (non-hydrogen) atoms. The van der Waals surface area contributed by atoms with Crippen LogP contribution in [0.25, 0.3) is 0 Å². The molecule has 0 radical (unpaired) electrons. The predicted octanol–water partition coefficient (Wildman–Crippen LogP) is 4.61. The molecule has 2 rings (SSSR count). The Balaban J connectivity index is 2.25. The number of rotatable bonds is 3. The van der Waals surface area contributed by atoms with Gasteiger partial charge in [-0.15, -0.1) is 0 Å². The molecule has 1 unspecified atom stereocenters. The molecule has 0 aliphatic rings. The summed E-state index contributed by atoms with van der Waals surface area (Å²) < 4.78 is 27.5. The van der Waals surface area contributed by atoms with Gasteiger partial charge < -0.3 is 10.4 Å². The van der Waals surface area contributed by atoms with Crippen LogP contribution >= 0.6 is 15.9 Å². The Labute approximate surface area is 118 Å². The van der Waals surface area contributed by atoms with Crippen LogP contribution in [0.2, 0.25) is 0 Å². The maximum atomic E-state index is 13.7. The molecular weight excluding hydrogens is 316 g/mol. The molecular formula is C14H12BrF2NO. The van der Waals surface area contributed by atoms with Gasteiger partial charge in [-0.05, 0) is 43.3 Å². The number of nitrogens with one attached hydrogen (secondary N) is 1. The van der Waals surface area contributed by atoms with E-state index in [0.29, 0.717) is 15.7 Å². The second-order valence-electron chi connectivity index (χ2n) is 4.19. The number of hydrogen-bond acceptors (Lipinski definition) is 2. The monoisotopic (exact) mass is 327 g/mol. The number of phenolic OH excluding ortho intramolecular Hbond substituents is 1. The molecule has 0 bridgehead atoms. The summed E-state index contributed by atoms with van der Waals surface area (Å²) in [5.41, 5.74) is 0.668. The van der Waals surface area contributed by atoms with E-state index in [9.17, 15) is 13.9 Å². The zero-order valence-corrected chi connectivity index (χ0v) is 11.7. The molecule has 2 nitrogen and oxygen atoms in total. The summed E-state index contributed by atoms with van der Waals surface area (Å²) in [6, 6.07) is 7.86. The molecule has 100 valence electrons. The number of halogens is 3. The summed E-state index contributed by atoms with van der Waals surface area (Å²) >= 11 is 3.17. The highest BCUT2D eigenvalue weighted by Gasteiger charge is 2.13. The molecule has 0 spiro atoms. The topological polar surface area (TPSA) is 32.3 Å². The lowest BCUT2D eigenvalue weighted by molar-refractivity contribution is 0.462. The Morgan fingerprint density at radius 3 is 2.58 bits per heavy atom. The summed E-state index contributed by atoms with van der Waals surface area (Å²) in [6.07, 6.45) is 0. The van der Waals surface area contributed by atoms with E-state index in [1.807, 2.05) is 0 Å². The molecule has 1 atom stereocenters. The van der Waals surface area contributed by atoms with Gasteiger partial charge in [-0.25, -0.2) is 8.78 Å². The Kier molecular flexibility index (Phi) is 4.04. The summed E-state index contributed by atoms with van der Waals surface area (Å²) in [5, 5.41) is 12.6. The van der Waals surface area contributed by atoms with Crippen LogP contribution < -0.4 is 5.32 Å². The molecule has 0 aromatic heterocycles. The first-order valence-corrected chi connectivity index (χ1v) is 6.46. The molecule has 0 aliphatic heterocycles. The van der Waals surface area contributed by atoms with E-state index in [1.165, 1.54) is 24.3 Å². The third-order valence-corrected chi connectivity index (χ3v) is 3.25. The van der Waals surface area contributed by atoms with Crippen molar-refractivity contribution in [3.05, 3.63) is 58.1 Å². The van der Waals surface area contributed by atoms with E-state index in [-0.39, 0.29) is 5.75 Å². The van der Waals surface area contributed by atoms with Crippen LogP contribution in [0, 0.1) is 11.6 Å². The van der Waals surface area contributed by atoms with Crippen molar-refractivity contribution in [3.63, 3.8) is 0 Å². The Bertz CT molecular complexity index is 604. The van der Waals surface area contributed by atoms with E-state index >= 15 is 0 Å². The van der Waals surface area contributed by atoms with Crippen molar-refractivity contribution in [1.82, 2.24) is 0 Å². The van der Waals surface area contributed by atoms with Crippen LogP contribution in [-0.2, 0) is 0 Å². The second kappa shape index (κ2) is 5.57. The maximum absolute atomic E-state index is 13.7. The van der Waals surface area contributed by atoms with Crippen LogP contribution in [0.4, 0.5) is 14.5 Å². The Hall–Kier alpha value is -1.62. The zero-order chi connectivity index (χ0) is 14.0. The van der Waals surface area contributed by atoms with Crippen LogP contribution in [-0.4, -0.2) is 5.11 Å². The Morgan fingerprint density at radius 1 is 1.16 bits per heavy atom. The summed E-state index contributed by atoms with van der Waals surface area (Å²) in [4.78, 5) is 0. The van der Waals surface area contributed by atoms with Crippen LogP contribution in [0.5, 0.6) is 5.75 Å². The summed E-state index contributed by atoms with van der Waals surface area (Å²) in [5.74, 6) is -0.895. The molecule has 2 aromatic carbocycles. The standard InChI is InChI=1S/C14H12BrF2NO/c1-8(11-7-10(16)3-5-14(11)19)18-13-4-2-9(15)6-12(13)17/h2-8,18-19H,1H3. The van der Waals surface area contributed by atoms with Crippen molar-refractivity contribution in [2.45, 2.75) is 13.0 Å². The van der Waals surface area contributed by atoms with Gasteiger partial charge >= 0.3 is 0 Å². The minimum atomic E-state index is -0.447. The fourth-order valence-electron chi connectivity index (χ4n) is 1.79. The van der Waals surface area contributed by atoms with Crippen molar-refractivity contribution < 1.29 is 13.9 Å². The number of anilines is 1. The summed E-state index contributed by atoms with van der Waals surface area (Å²) in [6.45, 7) is 1.72. The van der Waals surface area contributed by atoms with Gasteiger partial charge in [0.25, 0.3) is 0 Å². The quantitative estimate of drug-likeness (QED) is 0.863. The third-order valence-electron chi connectivity index (χ3n) is 2.76. The zero-order valence-electron chi connectivity index (χ0n) is 10.1. The second-order valence-corrected chi connectivity index (χ2v) is 5.11. The van der Waals surface area contributed by atoms with Crippen molar-refractivity contribution >= 4 is 21.6 Å². The van der Waals surface area contributed by atoms with Gasteiger partial charge in [0.15, 0.2) is 0 Å². The first-order valence-electron chi connectivity index (χ1n) is 5.67. The minimum absolute atomic E-state index is 0.0288. The van der Waals surface area contributed by atoms with Crippen LogP contribution in [0.3, 0.4) is 0 Å². The van der Waals surface area contributed by atoms with Gasteiger partial charge in [0.1, 0.15) is 17.4 Å². The molecule has 5 heteroatoms. The van der Waals surface area contributed by atoms with Gasteiger partial charge in [-0.3, -0.25) is 0 Å². The molecule has 0 saturated carbocycles. The fourth-order valence-corrected chi connectivity index (χ4v) is 2.12. The molecule has 0 heterocycles. The smallest absolute Gasteiger partial charge is 0.147 e. The van der Waals surface area contributed by atoms with Gasteiger partial charge in [-0.1, -0.05) is 15.9 Å². The van der Waals surface area contributed by atoms with Gasteiger partial charge in [-0.2, -0.15) is 0 Å². The largest absolute Gasteiger partial charge is 0.508 e. The maximum Gasteiger partial charge on any atom is 0.147 e. The van der Waals surface area contributed by atoms with Crippen molar-refractivity contribution in [3.8, 4) is 5.75 Å². The predicted molar refractivity (Wildman–Crippen MR) is 74.2 cm³/mol. The number of benzene rings is 2. The lowest BCUT2D eigenvalue weighted by atomic mass is 10.1. The van der Waals surface area contributed by atoms with E-state index in [2.05, 4.69) is 21.2 Å². The molecule has 0 fully saturated rings. The number of phenols is 1. The first kappa shape index (κ1) is 13.8. The summed E-state index contributed by atoms with van der Waals surface area (Å²) in [7, 11) is 0. The van der Waals surface area contributed by atoms with Crippen LogP contribution in [0.15, 0.2) is 40.9 Å². The fraction of sp³-hybridized carbons (Fsp3) is 0.143. The van der Waals surface area contributed by atoms with Crippen LogP contribution in [0.1, 0.15) is 18.5 Å². The average molecular weight is 328 g/mol. The minimum Gasteiger partial charge on any atom is -0.508 e.